The van der Waals surface area contributed by atoms with Crippen LogP contribution in [0.4, 0.5) is 4.39 Å². The third-order valence-corrected chi connectivity index (χ3v) is 3.00. The summed E-state index contributed by atoms with van der Waals surface area (Å²) in [5.41, 5.74) is 0.683. The second-order valence-corrected chi connectivity index (χ2v) is 4.89. The highest BCUT2D eigenvalue weighted by Crippen LogP contribution is 2.12. The van der Waals surface area contributed by atoms with Crippen molar-refractivity contribution < 1.29 is 13.9 Å². The van der Waals surface area contributed by atoms with Crippen molar-refractivity contribution in [3.8, 4) is 0 Å². The van der Waals surface area contributed by atoms with Gasteiger partial charge in [-0.2, -0.15) is 0 Å². The number of nitrogens with zero attached hydrogens (tertiary/aromatic N) is 1. The molecule has 0 bridgehead atoms. The Hall–Kier alpha value is -1.68. The third-order valence-electron chi connectivity index (χ3n) is 3.00. The largest absolute Gasteiger partial charge is 0.372 e. The van der Waals surface area contributed by atoms with Crippen LogP contribution in [0, 0.1) is 5.82 Å². The van der Waals surface area contributed by atoms with E-state index in [0.717, 1.165) is 0 Å². The van der Waals surface area contributed by atoms with Crippen molar-refractivity contribution in [2.24, 2.45) is 0 Å². The van der Waals surface area contributed by atoms with E-state index in [4.69, 9.17) is 4.74 Å². The van der Waals surface area contributed by atoms with Crippen LogP contribution in [-0.2, 0) is 9.53 Å². The summed E-state index contributed by atoms with van der Waals surface area (Å²) in [6, 6.07) is 6.16. The van der Waals surface area contributed by atoms with Crippen LogP contribution < -0.4 is 0 Å². The summed E-state index contributed by atoms with van der Waals surface area (Å²) >= 11 is 0. The Balaban J connectivity index is 2.00. The lowest BCUT2D eigenvalue weighted by molar-refractivity contribution is -0.137. The predicted molar refractivity (Wildman–Crippen MR) is 72.0 cm³/mol. The van der Waals surface area contributed by atoms with E-state index >= 15 is 0 Å². The summed E-state index contributed by atoms with van der Waals surface area (Å²) in [5.74, 6) is -0.366. The fraction of sp³-hybridized carbons (Fsp3) is 0.400. The Labute approximate surface area is 112 Å². The average molecular weight is 263 g/mol. The molecule has 2 rings (SSSR count). The molecule has 0 radical (unpaired) electrons. The molecule has 3 nitrogen and oxygen atoms in total. The van der Waals surface area contributed by atoms with E-state index < -0.39 is 0 Å². The van der Waals surface area contributed by atoms with Crippen LogP contribution in [0.5, 0.6) is 0 Å². The van der Waals surface area contributed by atoms with Crippen LogP contribution in [0.3, 0.4) is 0 Å². The molecule has 102 valence electrons. The molecule has 1 aliphatic rings. The van der Waals surface area contributed by atoms with Crippen LogP contribution in [0.25, 0.3) is 6.08 Å². The number of hydrogen-bond acceptors (Lipinski definition) is 2. The summed E-state index contributed by atoms with van der Waals surface area (Å²) in [7, 11) is 0. The first-order chi connectivity index (χ1) is 9.04. The van der Waals surface area contributed by atoms with Gasteiger partial charge in [0.1, 0.15) is 5.82 Å². The summed E-state index contributed by atoms with van der Waals surface area (Å²) in [5, 5.41) is 0. The van der Waals surface area contributed by atoms with Gasteiger partial charge in [0.05, 0.1) is 12.2 Å². The molecule has 0 saturated carbocycles. The van der Waals surface area contributed by atoms with Gasteiger partial charge in [0.15, 0.2) is 0 Å². The first kappa shape index (κ1) is 13.7. The zero-order valence-electron chi connectivity index (χ0n) is 11.2. The van der Waals surface area contributed by atoms with Crippen LogP contribution in [0.15, 0.2) is 30.3 Å². The van der Waals surface area contributed by atoms with Crippen LogP contribution >= 0.6 is 0 Å². The highest BCUT2D eigenvalue weighted by molar-refractivity contribution is 5.91. The standard InChI is InChI=1S/C15H18FNO2/c1-11-9-17(10-12(2)19-11)15(18)7-6-13-4-3-5-14(16)8-13/h3-8,11-12H,9-10H2,1-2H3/b7-6+. The lowest BCUT2D eigenvalue weighted by Crippen LogP contribution is -2.47. The maximum absolute atomic E-state index is 13.0. The zero-order valence-corrected chi connectivity index (χ0v) is 11.2. The summed E-state index contributed by atoms with van der Waals surface area (Å²) in [4.78, 5) is 13.8. The summed E-state index contributed by atoms with van der Waals surface area (Å²) < 4.78 is 18.6. The van der Waals surface area contributed by atoms with Crippen LogP contribution in [0.1, 0.15) is 19.4 Å². The van der Waals surface area contributed by atoms with E-state index in [1.54, 1.807) is 23.1 Å². The van der Waals surface area contributed by atoms with Crippen molar-refractivity contribution in [2.75, 3.05) is 13.1 Å². The number of benzene rings is 1. The quantitative estimate of drug-likeness (QED) is 0.767. The Kier molecular flexibility index (Phi) is 4.32. The maximum atomic E-state index is 13.0. The lowest BCUT2D eigenvalue weighted by atomic mass is 10.2. The minimum Gasteiger partial charge on any atom is -0.372 e. The van der Waals surface area contributed by atoms with Gasteiger partial charge in [-0.15, -0.1) is 0 Å². The van der Waals surface area contributed by atoms with Crippen molar-refractivity contribution in [1.29, 1.82) is 0 Å². The lowest BCUT2D eigenvalue weighted by Gasteiger charge is -2.34. The zero-order chi connectivity index (χ0) is 13.8. The highest BCUT2D eigenvalue weighted by atomic mass is 19.1. The third kappa shape index (κ3) is 3.89. The number of amides is 1. The number of halogens is 1. The smallest absolute Gasteiger partial charge is 0.246 e. The summed E-state index contributed by atoms with van der Waals surface area (Å²) in [6.45, 7) is 5.09. The molecule has 1 aromatic rings. The van der Waals surface area contributed by atoms with E-state index in [-0.39, 0.29) is 23.9 Å². The molecule has 0 aliphatic carbocycles. The molecule has 2 unspecified atom stereocenters. The molecule has 1 fully saturated rings. The molecule has 1 amide bonds. The molecular weight excluding hydrogens is 245 g/mol. The molecule has 0 N–H and O–H groups in total. The Morgan fingerprint density at radius 1 is 1.37 bits per heavy atom. The topological polar surface area (TPSA) is 29.5 Å². The minimum absolute atomic E-state index is 0.0512. The summed E-state index contributed by atoms with van der Waals surface area (Å²) in [6.07, 6.45) is 3.22. The fourth-order valence-corrected chi connectivity index (χ4v) is 2.24. The molecule has 1 heterocycles. The van der Waals surface area contributed by atoms with Crippen molar-refractivity contribution in [1.82, 2.24) is 4.90 Å². The van der Waals surface area contributed by atoms with Gasteiger partial charge in [0.25, 0.3) is 0 Å². The molecule has 1 saturated heterocycles. The monoisotopic (exact) mass is 263 g/mol. The number of hydrogen-bond donors (Lipinski definition) is 0. The van der Waals surface area contributed by atoms with E-state index in [0.29, 0.717) is 18.7 Å². The first-order valence-electron chi connectivity index (χ1n) is 6.42. The number of carbonyl (C=O) groups is 1. The van der Waals surface area contributed by atoms with Crippen LogP contribution in [0.2, 0.25) is 0 Å². The van der Waals surface area contributed by atoms with Gasteiger partial charge in [-0.25, -0.2) is 4.39 Å². The number of rotatable bonds is 2. The van der Waals surface area contributed by atoms with Gasteiger partial charge in [-0.05, 0) is 37.6 Å². The molecule has 0 spiro atoms. The highest BCUT2D eigenvalue weighted by Gasteiger charge is 2.24. The van der Waals surface area contributed by atoms with Crippen molar-refractivity contribution >= 4 is 12.0 Å². The first-order valence-corrected chi connectivity index (χ1v) is 6.42. The second kappa shape index (κ2) is 5.97. The van der Waals surface area contributed by atoms with Gasteiger partial charge in [0, 0.05) is 19.2 Å². The maximum Gasteiger partial charge on any atom is 0.246 e. The van der Waals surface area contributed by atoms with Crippen molar-refractivity contribution in [3.63, 3.8) is 0 Å². The van der Waals surface area contributed by atoms with E-state index in [1.807, 2.05) is 13.8 Å². The van der Waals surface area contributed by atoms with E-state index in [1.165, 1.54) is 18.2 Å². The van der Waals surface area contributed by atoms with E-state index in [2.05, 4.69) is 0 Å². The predicted octanol–water partition coefficient (Wildman–Crippen LogP) is 2.47. The Morgan fingerprint density at radius 3 is 2.68 bits per heavy atom. The van der Waals surface area contributed by atoms with Gasteiger partial charge in [-0.3, -0.25) is 4.79 Å². The van der Waals surface area contributed by atoms with Crippen LogP contribution in [-0.4, -0.2) is 36.1 Å². The molecule has 1 aliphatic heterocycles. The van der Waals surface area contributed by atoms with Crippen molar-refractivity contribution in [2.45, 2.75) is 26.1 Å². The number of carbonyl (C=O) groups excluding carboxylic acids is 1. The van der Waals surface area contributed by atoms with Gasteiger partial charge >= 0.3 is 0 Å². The molecule has 0 aromatic heterocycles. The minimum atomic E-state index is -0.303. The van der Waals surface area contributed by atoms with Gasteiger partial charge in [0.2, 0.25) is 5.91 Å². The molecule has 2 atom stereocenters. The SMILES string of the molecule is CC1CN(C(=O)/C=C/c2cccc(F)c2)CC(C)O1. The number of morpholine rings is 1. The molecule has 1 aromatic carbocycles. The number of ether oxygens (including phenoxy) is 1. The Morgan fingerprint density at radius 2 is 2.05 bits per heavy atom. The molecule has 4 heteroatoms. The van der Waals surface area contributed by atoms with Gasteiger partial charge in [-0.1, -0.05) is 12.1 Å². The molecular formula is C15H18FNO2. The van der Waals surface area contributed by atoms with E-state index in [9.17, 15) is 9.18 Å². The fourth-order valence-electron chi connectivity index (χ4n) is 2.24. The van der Waals surface area contributed by atoms with Crippen molar-refractivity contribution in [3.05, 3.63) is 41.7 Å². The second-order valence-electron chi connectivity index (χ2n) is 4.89. The Bertz CT molecular complexity index is 477. The average Bonchev–Trinajstić information content (AvgIpc) is 2.35. The normalized spacial score (nSPS) is 23.8. The molecule has 19 heavy (non-hydrogen) atoms. The van der Waals surface area contributed by atoms with Gasteiger partial charge < -0.3 is 9.64 Å².